The van der Waals surface area contributed by atoms with Gasteiger partial charge in [0.25, 0.3) is 0 Å². The Bertz CT molecular complexity index is 30.0. The van der Waals surface area contributed by atoms with Gasteiger partial charge in [0.15, 0.2) is 0 Å². The van der Waals surface area contributed by atoms with Crippen LogP contribution < -0.4 is 0 Å². The van der Waals surface area contributed by atoms with Gasteiger partial charge < -0.3 is 5.11 Å². The van der Waals surface area contributed by atoms with Crippen LogP contribution in [0.2, 0.25) is 0 Å². The van der Waals surface area contributed by atoms with Crippen LogP contribution in [0.3, 0.4) is 0 Å². The average molecular weight is 492 g/mol. The molecule has 0 radical (unpaired) electrons. The van der Waals surface area contributed by atoms with Crippen LogP contribution in [-0.2, 0) is 4.92 Å². The van der Waals surface area contributed by atoms with Crippen LogP contribution >= 0.6 is 59.9 Å². The van der Waals surface area contributed by atoms with E-state index >= 15 is 0 Å². The molecule has 5 heteroatoms. The molecule has 0 bridgehead atoms. The molecular weight excluding hydrogens is 484 g/mol. The van der Waals surface area contributed by atoms with E-state index in [1.165, 1.54) is 0 Å². The monoisotopic (exact) mass is 492 g/mol. The van der Waals surface area contributed by atoms with Crippen LogP contribution in [0.4, 0.5) is 0 Å². The fourth-order valence-corrected chi connectivity index (χ4v) is 0. The molecular formula is C3H8I3OV. The maximum absolute atomic E-state index is 8.06. The molecule has 0 aromatic rings. The van der Waals surface area contributed by atoms with Gasteiger partial charge in [0.2, 0.25) is 0 Å². The van der Waals surface area contributed by atoms with Crippen LogP contribution in [0.15, 0.2) is 0 Å². The summed E-state index contributed by atoms with van der Waals surface area (Å²) in [7, 11) is 0. The average Bonchev–Trinajstić information content (AvgIpc) is 1.25. The quantitative estimate of drug-likeness (QED) is 0.517. The Morgan fingerprint density at radius 1 is 1.25 bits per heavy atom. The molecule has 0 aliphatic rings. The molecule has 0 atom stereocenters. The van der Waals surface area contributed by atoms with Gasteiger partial charge in [0.05, 0.1) is 0 Å². The number of hydrogen-bond donors (Lipinski definition) is 1. The minimum absolute atomic E-state index is 0.167. The summed E-state index contributed by atoms with van der Waals surface area (Å²) >= 11 is 7.39. The van der Waals surface area contributed by atoms with Crippen molar-refractivity contribution >= 4 is 59.9 Å². The molecule has 0 saturated carbocycles. The van der Waals surface area contributed by atoms with Crippen molar-refractivity contribution in [3.63, 3.8) is 0 Å². The van der Waals surface area contributed by atoms with Crippen molar-refractivity contribution in [2.24, 2.45) is 0 Å². The SMILES string of the molecule is CC(C)O.[I][V]([I])[I]. The van der Waals surface area contributed by atoms with E-state index in [0.29, 0.717) is 0 Å². The van der Waals surface area contributed by atoms with Crippen molar-refractivity contribution in [3.8, 4) is 0 Å². The molecule has 1 N–H and O–H groups in total. The molecule has 0 unspecified atom stereocenters. The van der Waals surface area contributed by atoms with Crippen LogP contribution in [0, 0.1) is 0 Å². The first-order chi connectivity index (χ1) is 3.46. The number of aliphatic hydroxyl groups is 1. The second-order valence-electron chi connectivity index (χ2n) is 1.29. The molecule has 0 saturated heterocycles. The van der Waals surface area contributed by atoms with Crippen LogP contribution in [0.25, 0.3) is 0 Å². The Morgan fingerprint density at radius 3 is 1.25 bits per heavy atom. The molecule has 0 aromatic heterocycles. The summed E-state index contributed by atoms with van der Waals surface area (Å²) in [5.41, 5.74) is 0. The number of halogens is 3. The zero-order valence-electron chi connectivity index (χ0n) is 4.61. The van der Waals surface area contributed by atoms with E-state index in [2.05, 4.69) is 59.9 Å². The molecule has 0 aliphatic heterocycles. The van der Waals surface area contributed by atoms with Crippen molar-refractivity contribution in [2.45, 2.75) is 20.0 Å². The van der Waals surface area contributed by atoms with Crippen LogP contribution in [-0.4, -0.2) is 11.2 Å². The third kappa shape index (κ3) is 69.9. The third-order valence-electron chi connectivity index (χ3n) is 0. The Kier molecular flexibility index (Phi) is 16.2. The molecule has 1 nitrogen and oxygen atoms in total. The summed E-state index contributed by atoms with van der Waals surface area (Å²) < 4.78 is 0. The summed E-state index contributed by atoms with van der Waals surface area (Å²) in [6.07, 6.45) is -0.167. The van der Waals surface area contributed by atoms with Crippen molar-refractivity contribution in [1.82, 2.24) is 0 Å². The second kappa shape index (κ2) is 9.73. The first-order valence-corrected chi connectivity index (χ1v) is 15.4. The third-order valence-corrected chi connectivity index (χ3v) is 0. The van der Waals surface area contributed by atoms with Gasteiger partial charge in [0, 0.05) is 6.10 Å². The zero-order valence-corrected chi connectivity index (χ0v) is 12.5. The molecule has 0 fully saturated rings. The molecule has 0 amide bonds. The molecule has 0 spiro atoms. The van der Waals surface area contributed by atoms with E-state index in [1.54, 1.807) is 13.8 Å². The van der Waals surface area contributed by atoms with Gasteiger partial charge in [-0.2, -0.15) is 0 Å². The van der Waals surface area contributed by atoms with E-state index in [9.17, 15) is 0 Å². The molecule has 0 rings (SSSR count). The van der Waals surface area contributed by atoms with Gasteiger partial charge in [-0.05, 0) is 13.8 Å². The molecule has 0 heterocycles. The van der Waals surface area contributed by atoms with Gasteiger partial charge in [-0.25, -0.2) is 0 Å². The predicted molar refractivity (Wildman–Crippen MR) is 59.4 cm³/mol. The normalized spacial score (nSPS) is 9.00. The number of aliphatic hydroxyl groups excluding tert-OH is 1. The summed E-state index contributed by atoms with van der Waals surface area (Å²) in [5.74, 6) is 0. The van der Waals surface area contributed by atoms with E-state index < -0.39 is 0 Å². The first kappa shape index (κ1) is 13.3. The fourth-order valence-electron chi connectivity index (χ4n) is 0. The minimum atomic E-state index is -0.278. The number of rotatable bonds is 0. The van der Waals surface area contributed by atoms with Gasteiger partial charge >= 0.3 is 64.9 Å². The molecule has 52 valence electrons. The molecule has 0 aliphatic carbocycles. The van der Waals surface area contributed by atoms with Crippen molar-refractivity contribution in [3.05, 3.63) is 0 Å². The first-order valence-electron chi connectivity index (χ1n) is 1.92. The Balaban J connectivity index is 0. The van der Waals surface area contributed by atoms with Gasteiger partial charge in [-0.1, -0.05) is 0 Å². The van der Waals surface area contributed by atoms with Gasteiger partial charge in [-0.15, -0.1) is 0 Å². The number of hydrogen-bond acceptors (Lipinski definition) is 1. The topological polar surface area (TPSA) is 20.2 Å². The Morgan fingerprint density at radius 2 is 1.25 bits per heavy atom. The van der Waals surface area contributed by atoms with E-state index in [-0.39, 0.29) is 11.0 Å². The van der Waals surface area contributed by atoms with Crippen molar-refractivity contribution < 1.29 is 10.0 Å². The summed E-state index contributed by atoms with van der Waals surface area (Å²) in [5, 5.41) is 8.06. The van der Waals surface area contributed by atoms with Crippen molar-refractivity contribution in [2.75, 3.05) is 0 Å². The predicted octanol–water partition coefficient (Wildman–Crippen LogP) is 3.04. The maximum atomic E-state index is 8.06. The van der Waals surface area contributed by atoms with E-state index in [0.717, 1.165) is 0 Å². The van der Waals surface area contributed by atoms with E-state index in [4.69, 9.17) is 5.11 Å². The van der Waals surface area contributed by atoms with Crippen molar-refractivity contribution in [1.29, 1.82) is 0 Å². The summed E-state index contributed by atoms with van der Waals surface area (Å²) in [4.78, 5) is -0.278. The Hall–Kier alpha value is 2.73. The van der Waals surface area contributed by atoms with E-state index in [1.807, 2.05) is 0 Å². The van der Waals surface area contributed by atoms with Gasteiger partial charge in [0.1, 0.15) is 0 Å². The summed E-state index contributed by atoms with van der Waals surface area (Å²) in [6.45, 7) is 3.44. The Labute approximate surface area is 88.1 Å². The van der Waals surface area contributed by atoms with Crippen LogP contribution in [0.1, 0.15) is 13.8 Å². The summed E-state index contributed by atoms with van der Waals surface area (Å²) in [6, 6.07) is 0. The molecule has 8 heavy (non-hydrogen) atoms. The standard InChI is InChI=1S/C3H8O.3HI.V/c1-3(2)4;;;;/h3-4H,1-2H3;3*1H;/q;;;;+3/p-3. The van der Waals surface area contributed by atoms with Gasteiger partial charge in [-0.3, -0.25) is 0 Å². The molecule has 0 aromatic carbocycles. The fraction of sp³-hybridized carbons (Fsp3) is 1.00. The second-order valence-corrected chi connectivity index (χ2v) is 36.7. The van der Waals surface area contributed by atoms with Crippen LogP contribution in [0.5, 0.6) is 0 Å². The zero-order chi connectivity index (χ0) is 7.15.